The number of esters is 2. The Morgan fingerprint density at radius 3 is 1.29 bits per heavy atom. The molecule has 0 aliphatic heterocycles. The molecule has 182 valence electrons. The van der Waals surface area contributed by atoms with Gasteiger partial charge in [-0.05, 0) is 6.92 Å². The van der Waals surface area contributed by atoms with Crippen LogP contribution in [0.4, 0.5) is 65.9 Å². The van der Waals surface area contributed by atoms with Crippen molar-refractivity contribution >= 4 is 11.9 Å². The Bertz CT molecular complexity index is 737. The van der Waals surface area contributed by atoms with Gasteiger partial charge in [0, 0.05) is 5.57 Å². The summed E-state index contributed by atoms with van der Waals surface area (Å²) in [7, 11) is 0. The van der Waals surface area contributed by atoms with Crippen molar-refractivity contribution in [3.8, 4) is 0 Å². The van der Waals surface area contributed by atoms with Gasteiger partial charge >= 0.3 is 54.0 Å². The van der Waals surface area contributed by atoms with Gasteiger partial charge in [-0.25, -0.2) is 9.59 Å². The van der Waals surface area contributed by atoms with E-state index in [9.17, 15) is 75.4 Å². The highest BCUT2D eigenvalue weighted by atomic mass is 19.4. The minimum absolute atomic E-state index is 0.556. The van der Waals surface area contributed by atoms with E-state index in [0.717, 1.165) is 0 Å². The number of carbonyl (C=O) groups is 2. The predicted octanol–water partition coefficient (Wildman–Crippen LogP) is 4.94. The molecule has 0 amide bonds. The quantitative estimate of drug-likeness (QED) is 0.271. The number of hydrogen-bond acceptors (Lipinski definition) is 4. The Morgan fingerprint density at radius 1 is 0.613 bits per heavy atom. The molecule has 31 heavy (non-hydrogen) atoms. The number of carbonyl (C=O) groups excluding carboxylic acids is 2. The van der Waals surface area contributed by atoms with Gasteiger partial charge in [0.25, 0.3) is 0 Å². The molecular weight excluding hydrogens is 493 g/mol. The molecule has 0 rings (SSSR count). The summed E-state index contributed by atoms with van der Waals surface area (Å²) in [4.78, 5) is 21.5. The molecule has 19 heteroatoms. The van der Waals surface area contributed by atoms with Crippen LogP contribution in [0.25, 0.3) is 0 Å². The molecule has 0 saturated heterocycles. The Labute approximate surface area is 159 Å². The standard InChI is InChI=1S/C12H5F15O4/c1-3(2)4(28)30-11(24,25)12(26,27)31-5(29)6(13,14)7(15,16)8(17,18)9(19,20)10(21,22)23/h1H2,2H3. The van der Waals surface area contributed by atoms with Gasteiger partial charge in [0.05, 0.1) is 0 Å². The number of hydrogen-bond donors (Lipinski definition) is 0. The summed E-state index contributed by atoms with van der Waals surface area (Å²) < 4.78 is 196. The van der Waals surface area contributed by atoms with Crippen LogP contribution >= 0.6 is 0 Å². The molecule has 4 nitrogen and oxygen atoms in total. The van der Waals surface area contributed by atoms with E-state index in [2.05, 4.69) is 11.3 Å². The second-order valence-electron chi connectivity index (χ2n) is 5.39. The molecule has 0 aliphatic carbocycles. The van der Waals surface area contributed by atoms with Gasteiger partial charge in [0.1, 0.15) is 0 Å². The first-order valence-corrected chi connectivity index (χ1v) is 6.66. The molecule has 0 bridgehead atoms. The molecule has 0 aromatic rings. The summed E-state index contributed by atoms with van der Waals surface area (Å²) in [5.74, 6) is -39.2. The van der Waals surface area contributed by atoms with Gasteiger partial charge in [-0.1, -0.05) is 6.58 Å². The predicted molar refractivity (Wildman–Crippen MR) is 62.7 cm³/mol. The Kier molecular flexibility index (Phi) is 7.06. The fraction of sp³-hybridized carbons (Fsp3) is 0.667. The first-order chi connectivity index (χ1) is 13.2. The van der Waals surface area contributed by atoms with E-state index in [1.54, 1.807) is 0 Å². The van der Waals surface area contributed by atoms with E-state index in [4.69, 9.17) is 0 Å². The summed E-state index contributed by atoms with van der Waals surface area (Å²) in [6, 6.07) is 0. The third-order valence-corrected chi connectivity index (χ3v) is 2.92. The maximum Gasteiger partial charge on any atom is 0.510 e. The first kappa shape index (κ1) is 28.6. The fourth-order valence-corrected chi connectivity index (χ4v) is 1.20. The highest BCUT2D eigenvalue weighted by Gasteiger charge is 2.89. The van der Waals surface area contributed by atoms with Crippen molar-refractivity contribution in [3.05, 3.63) is 12.2 Å². The zero-order chi connectivity index (χ0) is 25.6. The van der Waals surface area contributed by atoms with Crippen molar-refractivity contribution < 1.29 is 84.9 Å². The second-order valence-corrected chi connectivity index (χ2v) is 5.39. The van der Waals surface area contributed by atoms with Crippen LogP contribution in [0, 0.1) is 0 Å². The van der Waals surface area contributed by atoms with Crippen LogP contribution in [0.3, 0.4) is 0 Å². The Balaban J connectivity index is 6.11. The summed E-state index contributed by atoms with van der Waals surface area (Å²) in [6.07, 6.45) is -20.9. The van der Waals surface area contributed by atoms with Crippen LogP contribution < -0.4 is 0 Å². The number of halogens is 15. The van der Waals surface area contributed by atoms with Crippen LogP contribution in [0.2, 0.25) is 0 Å². The lowest BCUT2D eigenvalue weighted by Gasteiger charge is -2.36. The topological polar surface area (TPSA) is 52.6 Å². The number of ether oxygens (including phenoxy) is 2. The SMILES string of the molecule is C=C(C)C(=O)OC(F)(F)C(F)(F)OC(=O)C(F)(F)C(F)(F)C(F)(F)C(F)(F)C(F)(F)F. The lowest BCUT2D eigenvalue weighted by atomic mass is 9.98. The Morgan fingerprint density at radius 2 is 0.968 bits per heavy atom. The highest BCUT2D eigenvalue weighted by molar-refractivity contribution is 5.87. The third kappa shape index (κ3) is 4.63. The minimum Gasteiger partial charge on any atom is -0.390 e. The van der Waals surface area contributed by atoms with Gasteiger partial charge in [0.2, 0.25) is 0 Å². The van der Waals surface area contributed by atoms with Crippen LogP contribution in [0.1, 0.15) is 6.92 Å². The average Bonchev–Trinajstić information content (AvgIpc) is 2.51. The zero-order valence-electron chi connectivity index (χ0n) is 14.0. The van der Waals surface area contributed by atoms with E-state index in [1.165, 1.54) is 0 Å². The van der Waals surface area contributed by atoms with Crippen LogP contribution in [0.5, 0.6) is 0 Å². The van der Waals surface area contributed by atoms with Gasteiger partial charge in [-0.3, -0.25) is 0 Å². The maximum absolute atomic E-state index is 13.2. The van der Waals surface area contributed by atoms with E-state index < -0.39 is 59.6 Å². The monoisotopic (exact) mass is 498 g/mol. The van der Waals surface area contributed by atoms with E-state index in [0.29, 0.717) is 6.92 Å². The molecule has 0 spiro atoms. The van der Waals surface area contributed by atoms with Gasteiger partial charge in [-0.2, -0.15) is 65.9 Å². The zero-order valence-corrected chi connectivity index (χ0v) is 14.0. The summed E-state index contributed by atoms with van der Waals surface area (Å²) >= 11 is 0. The van der Waals surface area contributed by atoms with Crippen molar-refractivity contribution in [2.24, 2.45) is 0 Å². The van der Waals surface area contributed by atoms with Crippen molar-refractivity contribution in [1.82, 2.24) is 0 Å². The normalized spacial score (nSPS) is 14.8. The summed E-state index contributed by atoms with van der Waals surface area (Å²) in [6.45, 7) is 3.15. The largest absolute Gasteiger partial charge is 0.510 e. The van der Waals surface area contributed by atoms with Crippen LogP contribution in [0.15, 0.2) is 12.2 Å². The van der Waals surface area contributed by atoms with Crippen molar-refractivity contribution in [2.45, 2.75) is 49.0 Å². The summed E-state index contributed by atoms with van der Waals surface area (Å²) in [5, 5.41) is 0. The highest BCUT2D eigenvalue weighted by Crippen LogP contribution is 2.57. The second kappa shape index (κ2) is 7.64. The first-order valence-electron chi connectivity index (χ1n) is 6.66. The van der Waals surface area contributed by atoms with Crippen LogP contribution in [-0.4, -0.2) is 54.0 Å². The molecule has 0 saturated carbocycles. The van der Waals surface area contributed by atoms with E-state index in [-0.39, 0.29) is 0 Å². The van der Waals surface area contributed by atoms with Crippen molar-refractivity contribution in [1.29, 1.82) is 0 Å². The van der Waals surface area contributed by atoms with E-state index in [1.807, 2.05) is 4.74 Å². The fourth-order valence-electron chi connectivity index (χ4n) is 1.20. The number of rotatable bonds is 8. The molecule has 0 fully saturated rings. The molecule has 0 atom stereocenters. The van der Waals surface area contributed by atoms with Gasteiger partial charge in [-0.15, -0.1) is 0 Å². The lowest BCUT2D eigenvalue weighted by Crippen LogP contribution is -2.68. The molecule has 0 heterocycles. The third-order valence-electron chi connectivity index (χ3n) is 2.92. The van der Waals surface area contributed by atoms with Crippen molar-refractivity contribution in [3.63, 3.8) is 0 Å². The molecule has 0 aromatic carbocycles. The maximum atomic E-state index is 13.2. The molecule has 0 aromatic heterocycles. The van der Waals surface area contributed by atoms with E-state index >= 15 is 0 Å². The van der Waals surface area contributed by atoms with Crippen molar-refractivity contribution in [2.75, 3.05) is 0 Å². The summed E-state index contributed by atoms with van der Waals surface area (Å²) in [5.41, 5.74) is -1.06. The Hall–Kier alpha value is -2.37. The van der Waals surface area contributed by atoms with Crippen LogP contribution in [-0.2, 0) is 19.1 Å². The number of alkyl halides is 15. The molecule has 0 radical (unpaired) electrons. The smallest absolute Gasteiger partial charge is 0.390 e. The lowest BCUT2D eigenvalue weighted by molar-refractivity contribution is -0.428. The molecule has 0 aliphatic rings. The average molecular weight is 498 g/mol. The molecule has 0 unspecified atom stereocenters. The molecular formula is C12H5F15O4. The minimum atomic E-state index is -8.19. The van der Waals surface area contributed by atoms with Gasteiger partial charge in [0.15, 0.2) is 0 Å². The molecule has 0 N–H and O–H groups in total. The van der Waals surface area contributed by atoms with Gasteiger partial charge < -0.3 is 9.47 Å².